The molecule has 8 heteroatoms. The number of hydrogen-bond acceptors (Lipinski definition) is 7. The summed E-state index contributed by atoms with van der Waals surface area (Å²) in [5.74, 6) is 0.201. The Morgan fingerprint density at radius 2 is 2.14 bits per heavy atom. The van der Waals surface area contributed by atoms with E-state index in [2.05, 4.69) is 15.5 Å². The Morgan fingerprint density at radius 1 is 1.27 bits per heavy atom. The van der Waals surface area contributed by atoms with Gasteiger partial charge in [-0.3, -0.25) is 10.1 Å². The zero-order valence-electron chi connectivity index (χ0n) is 11.7. The monoisotopic (exact) mass is 319 g/mol. The van der Waals surface area contributed by atoms with Crippen LogP contribution in [0.4, 0.5) is 6.01 Å². The Labute approximate surface area is 130 Å². The number of amides is 1. The molecule has 7 nitrogen and oxygen atoms in total. The molecule has 0 spiro atoms. The molecule has 1 aromatic heterocycles. The minimum Gasteiger partial charge on any atom is -0.494 e. The predicted molar refractivity (Wildman–Crippen MR) is 80.4 cm³/mol. The molecule has 1 N–H and O–H groups in total. The van der Waals surface area contributed by atoms with Gasteiger partial charge in [0.15, 0.2) is 0 Å². The molecule has 0 bridgehead atoms. The Kier molecular flexibility index (Phi) is 4.29. The molecule has 0 unspecified atom stereocenters. The lowest BCUT2D eigenvalue weighted by Crippen LogP contribution is -2.13. The van der Waals surface area contributed by atoms with Crippen molar-refractivity contribution < 1.29 is 18.7 Å². The highest BCUT2D eigenvalue weighted by atomic mass is 32.2. The third kappa shape index (κ3) is 3.06. The standard InChI is InChI=1S/C14H13N3O4S/c1-22-11-5-3-2-4-9(11)12(18)15-14-17-16-13(21-14)10-8-19-6-7-20-10/h2-5,8H,6-7H2,1H3,(H,15,17,18). The molecule has 1 aliphatic heterocycles. The summed E-state index contributed by atoms with van der Waals surface area (Å²) in [5, 5.41) is 10.2. The number of hydrogen-bond donors (Lipinski definition) is 1. The number of benzene rings is 1. The average Bonchev–Trinajstić information content (AvgIpc) is 3.04. The lowest BCUT2D eigenvalue weighted by molar-refractivity contribution is 0.102. The van der Waals surface area contributed by atoms with Gasteiger partial charge in [-0.25, -0.2) is 0 Å². The average molecular weight is 319 g/mol. The van der Waals surface area contributed by atoms with Gasteiger partial charge in [-0.05, 0) is 18.4 Å². The lowest BCUT2D eigenvalue weighted by Gasteiger charge is -2.11. The second-order valence-corrected chi connectivity index (χ2v) is 5.12. The van der Waals surface area contributed by atoms with Gasteiger partial charge in [-0.1, -0.05) is 17.2 Å². The van der Waals surface area contributed by atoms with Gasteiger partial charge in [0, 0.05) is 4.90 Å². The topological polar surface area (TPSA) is 86.5 Å². The lowest BCUT2D eigenvalue weighted by atomic mass is 10.2. The number of nitrogens with zero attached hydrogens (tertiary/aromatic N) is 2. The zero-order valence-corrected chi connectivity index (χ0v) is 12.6. The SMILES string of the molecule is CSc1ccccc1C(=O)Nc1nnc(C2=COCCO2)o1. The van der Waals surface area contributed by atoms with Crippen molar-refractivity contribution >= 4 is 29.4 Å². The van der Waals surface area contributed by atoms with Gasteiger partial charge in [0.05, 0.1) is 5.56 Å². The number of anilines is 1. The van der Waals surface area contributed by atoms with Crippen LogP contribution in [0.2, 0.25) is 0 Å². The van der Waals surface area contributed by atoms with Crippen LogP contribution >= 0.6 is 11.8 Å². The molecule has 0 aliphatic carbocycles. The van der Waals surface area contributed by atoms with Gasteiger partial charge in [0.2, 0.25) is 5.76 Å². The Morgan fingerprint density at radius 3 is 2.91 bits per heavy atom. The molecule has 0 fully saturated rings. The van der Waals surface area contributed by atoms with Crippen LogP contribution in [0, 0.1) is 0 Å². The maximum absolute atomic E-state index is 12.3. The van der Waals surface area contributed by atoms with Crippen molar-refractivity contribution in [3.8, 4) is 0 Å². The molecule has 1 aliphatic rings. The molecule has 3 rings (SSSR count). The van der Waals surface area contributed by atoms with Crippen molar-refractivity contribution in [2.75, 3.05) is 24.8 Å². The number of aromatic nitrogens is 2. The first kappa shape index (κ1) is 14.5. The molecule has 114 valence electrons. The molecule has 2 heterocycles. The van der Waals surface area contributed by atoms with E-state index in [0.717, 1.165) is 4.90 Å². The van der Waals surface area contributed by atoms with Crippen molar-refractivity contribution in [1.82, 2.24) is 10.2 Å². The van der Waals surface area contributed by atoms with Gasteiger partial charge < -0.3 is 13.9 Å². The highest BCUT2D eigenvalue weighted by Crippen LogP contribution is 2.22. The quantitative estimate of drug-likeness (QED) is 0.866. The Hall–Kier alpha value is -2.48. The van der Waals surface area contributed by atoms with E-state index in [4.69, 9.17) is 13.9 Å². The van der Waals surface area contributed by atoms with Gasteiger partial charge in [-0.15, -0.1) is 16.9 Å². The summed E-state index contributed by atoms with van der Waals surface area (Å²) in [6.07, 6.45) is 3.31. The van der Waals surface area contributed by atoms with Crippen LogP contribution in [0.5, 0.6) is 0 Å². The van der Waals surface area contributed by atoms with Crippen molar-refractivity contribution in [3.05, 3.63) is 42.0 Å². The second-order valence-electron chi connectivity index (χ2n) is 4.27. The summed E-state index contributed by atoms with van der Waals surface area (Å²) in [4.78, 5) is 13.1. The molecule has 1 aromatic carbocycles. The fraction of sp³-hybridized carbons (Fsp3) is 0.214. The van der Waals surface area contributed by atoms with E-state index in [-0.39, 0.29) is 17.8 Å². The summed E-state index contributed by atoms with van der Waals surface area (Å²) in [6.45, 7) is 0.893. The van der Waals surface area contributed by atoms with Crippen LogP contribution < -0.4 is 5.32 Å². The van der Waals surface area contributed by atoms with Crippen molar-refractivity contribution in [2.24, 2.45) is 0 Å². The van der Waals surface area contributed by atoms with E-state index in [1.54, 1.807) is 12.1 Å². The van der Waals surface area contributed by atoms with Crippen molar-refractivity contribution in [1.29, 1.82) is 0 Å². The van der Waals surface area contributed by atoms with E-state index in [0.29, 0.717) is 24.5 Å². The van der Waals surface area contributed by atoms with Gasteiger partial charge >= 0.3 is 6.01 Å². The van der Waals surface area contributed by atoms with Gasteiger partial charge in [0.1, 0.15) is 19.5 Å². The van der Waals surface area contributed by atoms with E-state index in [1.807, 2.05) is 18.4 Å². The van der Waals surface area contributed by atoms with E-state index in [9.17, 15) is 4.79 Å². The molecular formula is C14H13N3O4S. The first-order chi connectivity index (χ1) is 10.8. The first-order valence-corrected chi connectivity index (χ1v) is 7.73. The molecule has 0 atom stereocenters. The first-order valence-electron chi connectivity index (χ1n) is 6.51. The maximum Gasteiger partial charge on any atom is 0.322 e. The zero-order chi connectivity index (χ0) is 15.4. The summed E-state index contributed by atoms with van der Waals surface area (Å²) in [7, 11) is 0. The van der Waals surface area contributed by atoms with E-state index in [1.165, 1.54) is 18.0 Å². The van der Waals surface area contributed by atoms with Crippen molar-refractivity contribution in [3.63, 3.8) is 0 Å². The van der Waals surface area contributed by atoms with Crippen LogP contribution in [0.25, 0.3) is 5.76 Å². The second kappa shape index (κ2) is 6.52. The number of thioether (sulfide) groups is 1. The molecule has 0 radical (unpaired) electrons. The van der Waals surface area contributed by atoms with Gasteiger partial charge in [-0.2, -0.15) is 0 Å². The number of nitrogens with one attached hydrogen (secondary N) is 1. The molecule has 0 saturated heterocycles. The largest absolute Gasteiger partial charge is 0.494 e. The van der Waals surface area contributed by atoms with E-state index >= 15 is 0 Å². The van der Waals surface area contributed by atoms with Crippen LogP contribution in [-0.4, -0.2) is 35.6 Å². The van der Waals surface area contributed by atoms with Gasteiger partial charge in [0.25, 0.3) is 11.8 Å². The third-order valence-corrected chi connectivity index (χ3v) is 3.65. The summed E-state index contributed by atoms with van der Waals surface area (Å²) >= 11 is 1.49. The molecule has 22 heavy (non-hydrogen) atoms. The van der Waals surface area contributed by atoms with Crippen LogP contribution in [0.1, 0.15) is 16.2 Å². The minimum atomic E-state index is -0.310. The molecule has 0 saturated carbocycles. The molecule has 1 amide bonds. The van der Waals surface area contributed by atoms with Crippen molar-refractivity contribution in [2.45, 2.75) is 4.90 Å². The molecule has 2 aromatic rings. The summed E-state index contributed by atoms with van der Waals surface area (Å²) in [5.41, 5.74) is 0.547. The number of ether oxygens (including phenoxy) is 2. The minimum absolute atomic E-state index is 0.00554. The third-order valence-electron chi connectivity index (χ3n) is 2.86. The van der Waals surface area contributed by atoms with Crippen LogP contribution in [0.15, 0.2) is 39.8 Å². The highest BCUT2D eigenvalue weighted by Gasteiger charge is 2.18. The highest BCUT2D eigenvalue weighted by molar-refractivity contribution is 7.98. The number of carbonyl (C=O) groups is 1. The maximum atomic E-state index is 12.3. The van der Waals surface area contributed by atoms with Crippen LogP contribution in [0.3, 0.4) is 0 Å². The normalized spacial score (nSPS) is 13.8. The summed E-state index contributed by atoms with van der Waals surface area (Å²) < 4.78 is 15.8. The predicted octanol–water partition coefficient (Wildman–Crippen LogP) is 2.39. The Bertz CT molecular complexity index is 714. The fourth-order valence-corrected chi connectivity index (χ4v) is 2.45. The number of carbonyl (C=O) groups excluding carboxylic acids is 1. The smallest absolute Gasteiger partial charge is 0.322 e. The fourth-order valence-electron chi connectivity index (χ4n) is 1.85. The molecular weight excluding hydrogens is 306 g/mol. The number of rotatable bonds is 4. The Balaban J connectivity index is 1.75. The van der Waals surface area contributed by atoms with Crippen LogP contribution in [-0.2, 0) is 9.47 Å². The summed E-state index contributed by atoms with van der Waals surface area (Å²) in [6, 6.07) is 7.29. The van der Waals surface area contributed by atoms with E-state index < -0.39 is 0 Å².